The van der Waals surface area contributed by atoms with Crippen molar-refractivity contribution in [3.63, 3.8) is 0 Å². The number of nitriles is 1. The number of amides is 1. The highest BCUT2D eigenvalue weighted by atomic mass is 35.5. The molecule has 0 bridgehead atoms. The predicted octanol–water partition coefficient (Wildman–Crippen LogP) is 3.72. The van der Waals surface area contributed by atoms with Gasteiger partial charge >= 0.3 is 6.09 Å². The first kappa shape index (κ1) is 21.8. The van der Waals surface area contributed by atoms with Gasteiger partial charge in [-0.3, -0.25) is 0 Å². The second-order valence-electron chi connectivity index (χ2n) is 6.87. The van der Waals surface area contributed by atoms with Gasteiger partial charge in [0.05, 0.1) is 54.4 Å². The van der Waals surface area contributed by atoms with E-state index in [0.717, 1.165) is 18.4 Å². The maximum Gasteiger partial charge on any atom is 0.409 e. The summed E-state index contributed by atoms with van der Waals surface area (Å²) in [5.41, 5.74) is 1.93. The van der Waals surface area contributed by atoms with Crippen LogP contribution in [-0.2, 0) is 9.47 Å². The minimum absolute atomic E-state index is 0.199. The summed E-state index contributed by atoms with van der Waals surface area (Å²) in [7, 11) is 0. The lowest BCUT2D eigenvalue weighted by atomic mass is 10.1. The summed E-state index contributed by atoms with van der Waals surface area (Å²) in [6.07, 6.45) is 2.87. The normalized spacial score (nSPS) is 16.0. The molecule has 1 unspecified atom stereocenters. The third kappa shape index (κ3) is 5.81. The van der Waals surface area contributed by atoms with Crippen LogP contribution in [0, 0.1) is 11.3 Å². The lowest BCUT2D eigenvalue weighted by molar-refractivity contribution is -0.0208. The van der Waals surface area contributed by atoms with Crippen LogP contribution >= 0.6 is 11.6 Å². The zero-order valence-electron chi connectivity index (χ0n) is 16.8. The Morgan fingerprint density at radius 1 is 1.43 bits per heavy atom. The van der Waals surface area contributed by atoms with Gasteiger partial charge < -0.3 is 19.7 Å². The maximum atomic E-state index is 12.1. The Hall–Kier alpha value is -2.89. The number of rotatable bonds is 7. The summed E-state index contributed by atoms with van der Waals surface area (Å²) < 4.78 is 11.0. The van der Waals surface area contributed by atoms with Crippen molar-refractivity contribution in [2.45, 2.75) is 25.9 Å². The molecule has 1 aromatic carbocycles. The number of hydrogen-bond acceptors (Lipinski definition) is 7. The Bertz CT molecular complexity index is 901. The van der Waals surface area contributed by atoms with E-state index in [4.69, 9.17) is 26.3 Å². The first-order valence-corrected chi connectivity index (χ1v) is 10.3. The van der Waals surface area contributed by atoms with E-state index in [1.165, 1.54) is 6.20 Å². The largest absolute Gasteiger partial charge is 0.449 e. The number of nitrogens with one attached hydrogen (secondary N) is 1. The number of benzene rings is 1. The quantitative estimate of drug-likeness (QED) is 0.669. The fraction of sp³-hybridized carbons (Fsp3) is 0.429. The molecule has 2 aromatic rings. The third-order valence-electron chi connectivity index (χ3n) is 4.64. The number of halogens is 1. The molecule has 9 heteroatoms. The maximum absolute atomic E-state index is 12.1. The second-order valence-corrected chi connectivity index (χ2v) is 7.27. The fourth-order valence-corrected chi connectivity index (χ4v) is 3.17. The highest BCUT2D eigenvalue weighted by molar-refractivity contribution is 6.32. The summed E-state index contributed by atoms with van der Waals surface area (Å²) in [6.45, 7) is 4.33. The summed E-state index contributed by atoms with van der Waals surface area (Å²) in [4.78, 5) is 22.5. The van der Waals surface area contributed by atoms with Crippen molar-refractivity contribution in [1.82, 2.24) is 14.9 Å². The molecule has 2 heterocycles. The van der Waals surface area contributed by atoms with Crippen LogP contribution in [0.5, 0.6) is 0 Å². The molecule has 1 aliphatic heterocycles. The molecule has 1 aromatic heterocycles. The smallest absolute Gasteiger partial charge is 0.409 e. The minimum atomic E-state index is -0.303. The van der Waals surface area contributed by atoms with Crippen LogP contribution in [-0.4, -0.2) is 59.9 Å². The third-order valence-corrected chi connectivity index (χ3v) is 4.92. The highest BCUT2D eigenvalue weighted by Crippen LogP contribution is 2.26. The van der Waals surface area contributed by atoms with Gasteiger partial charge in [-0.05, 0) is 18.6 Å². The predicted molar refractivity (Wildman–Crippen MR) is 113 cm³/mol. The van der Waals surface area contributed by atoms with E-state index >= 15 is 0 Å². The molecule has 0 saturated carbocycles. The molecule has 30 heavy (non-hydrogen) atoms. The summed E-state index contributed by atoms with van der Waals surface area (Å²) in [5, 5.41) is 12.5. The zero-order chi connectivity index (χ0) is 21.3. The zero-order valence-corrected chi connectivity index (χ0v) is 17.6. The lowest BCUT2D eigenvalue weighted by Gasteiger charge is -2.32. The number of morpholine rings is 1. The number of nitrogens with zero attached hydrogens (tertiary/aromatic N) is 4. The van der Waals surface area contributed by atoms with Crippen LogP contribution < -0.4 is 5.32 Å². The Balaban J connectivity index is 1.59. The molecule has 0 aliphatic carbocycles. The van der Waals surface area contributed by atoms with Crippen LogP contribution in [0.15, 0.2) is 30.5 Å². The van der Waals surface area contributed by atoms with Crippen molar-refractivity contribution in [3.05, 3.63) is 41.0 Å². The first-order valence-electron chi connectivity index (χ1n) is 9.91. The summed E-state index contributed by atoms with van der Waals surface area (Å²) in [5.74, 6) is 0.407. The lowest BCUT2D eigenvalue weighted by Crippen LogP contribution is -2.48. The fourth-order valence-electron chi connectivity index (χ4n) is 2.97. The van der Waals surface area contributed by atoms with E-state index in [2.05, 4.69) is 28.3 Å². The average molecular weight is 430 g/mol. The monoisotopic (exact) mass is 429 g/mol. The molecule has 0 spiro atoms. The van der Waals surface area contributed by atoms with Gasteiger partial charge in [0.2, 0.25) is 5.95 Å². The second kappa shape index (κ2) is 10.8. The van der Waals surface area contributed by atoms with E-state index in [9.17, 15) is 4.79 Å². The van der Waals surface area contributed by atoms with Crippen molar-refractivity contribution < 1.29 is 14.3 Å². The number of carbonyl (C=O) groups excluding carboxylic acids is 1. The Kier molecular flexibility index (Phi) is 7.82. The topological polar surface area (TPSA) is 100 Å². The number of carbonyl (C=O) groups is 1. The van der Waals surface area contributed by atoms with Crippen molar-refractivity contribution in [2.75, 3.05) is 38.2 Å². The minimum Gasteiger partial charge on any atom is -0.449 e. The summed E-state index contributed by atoms with van der Waals surface area (Å²) >= 11 is 6.26. The van der Waals surface area contributed by atoms with Crippen LogP contribution in [0.2, 0.25) is 5.02 Å². The van der Waals surface area contributed by atoms with Crippen LogP contribution in [0.1, 0.15) is 25.3 Å². The molecule has 0 radical (unpaired) electrons. The molecule has 158 valence electrons. The molecule has 1 saturated heterocycles. The highest BCUT2D eigenvalue weighted by Gasteiger charge is 2.25. The first-order chi connectivity index (χ1) is 14.6. The Morgan fingerprint density at radius 2 is 2.23 bits per heavy atom. The van der Waals surface area contributed by atoms with Gasteiger partial charge in [0.15, 0.2) is 0 Å². The van der Waals surface area contributed by atoms with E-state index in [-0.39, 0.29) is 12.2 Å². The van der Waals surface area contributed by atoms with E-state index in [0.29, 0.717) is 55.1 Å². The molecule has 1 N–H and O–H groups in total. The van der Waals surface area contributed by atoms with Gasteiger partial charge in [0, 0.05) is 18.7 Å². The van der Waals surface area contributed by atoms with Gasteiger partial charge in [-0.1, -0.05) is 37.1 Å². The van der Waals surface area contributed by atoms with Crippen molar-refractivity contribution in [1.29, 1.82) is 5.26 Å². The molecule has 1 fully saturated rings. The van der Waals surface area contributed by atoms with E-state index in [1.54, 1.807) is 29.2 Å². The Morgan fingerprint density at radius 3 is 2.97 bits per heavy atom. The number of unbranched alkanes of at least 4 members (excludes halogenated alkanes) is 1. The summed E-state index contributed by atoms with van der Waals surface area (Å²) in [6, 6.07) is 9.10. The molecule has 3 rings (SSSR count). The van der Waals surface area contributed by atoms with E-state index < -0.39 is 0 Å². The van der Waals surface area contributed by atoms with Crippen molar-refractivity contribution >= 4 is 23.6 Å². The number of hydrogen-bond donors (Lipinski definition) is 1. The van der Waals surface area contributed by atoms with E-state index in [1.807, 2.05) is 0 Å². The van der Waals surface area contributed by atoms with Crippen LogP contribution in [0.25, 0.3) is 11.3 Å². The molecular formula is C21H24ClN5O3. The van der Waals surface area contributed by atoms with Crippen LogP contribution in [0.3, 0.4) is 0 Å². The van der Waals surface area contributed by atoms with Gasteiger partial charge in [-0.25, -0.2) is 14.8 Å². The molecular weight excluding hydrogens is 406 g/mol. The van der Waals surface area contributed by atoms with Gasteiger partial charge in [0.25, 0.3) is 0 Å². The average Bonchev–Trinajstić information content (AvgIpc) is 2.79. The number of anilines is 1. The standard InChI is InChI=1S/C21H24ClN5O3/c1-2-3-9-30-21(28)27-8-10-29-17(14-27)12-24-20-25-13-18(22)19(26-20)16-6-4-15(11-23)5-7-16/h4-7,13,17H,2-3,8-10,12,14H2,1H3,(H,24,25,26). The van der Waals surface area contributed by atoms with Gasteiger partial charge in [-0.15, -0.1) is 0 Å². The van der Waals surface area contributed by atoms with Crippen LogP contribution in [0.4, 0.5) is 10.7 Å². The molecule has 1 aliphatic rings. The van der Waals surface area contributed by atoms with Crippen molar-refractivity contribution in [2.24, 2.45) is 0 Å². The number of aromatic nitrogens is 2. The van der Waals surface area contributed by atoms with Gasteiger partial charge in [0.1, 0.15) is 0 Å². The molecule has 1 amide bonds. The van der Waals surface area contributed by atoms with Crippen molar-refractivity contribution in [3.8, 4) is 17.3 Å². The molecule has 8 nitrogen and oxygen atoms in total. The Labute approximate surface area is 180 Å². The molecule has 1 atom stereocenters. The SMILES string of the molecule is CCCCOC(=O)N1CCOC(CNc2ncc(Cl)c(-c3ccc(C#N)cc3)n2)C1. The number of ether oxygens (including phenoxy) is 2. The van der Waals surface area contributed by atoms with Gasteiger partial charge in [-0.2, -0.15) is 5.26 Å².